The van der Waals surface area contributed by atoms with Gasteiger partial charge in [-0.25, -0.2) is 4.99 Å². The third-order valence-corrected chi connectivity index (χ3v) is 2.57. The van der Waals surface area contributed by atoms with Crippen LogP contribution in [0.4, 0.5) is 5.69 Å². The van der Waals surface area contributed by atoms with Crippen molar-refractivity contribution in [2.75, 3.05) is 0 Å². The van der Waals surface area contributed by atoms with Crippen molar-refractivity contribution in [3.05, 3.63) is 59.7 Å². The molecule has 0 amide bonds. The molecule has 2 aromatic carbocycles. The van der Waals surface area contributed by atoms with Crippen LogP contribution in [0.15, 0.2) is 53.5 Å². The second kappa shape index (κ2) is 6.92. The van der Waals surface area contributed by atoms with Crippen molar-refractivity contribution in [2.45, 2.75) is 6.61 Å². The molecule has 0 aliphatic carbocycles. The summed E-state index contributed by atoms with van der Waals surface area (Å²) in [5.41, 5.74) is 4.10. The molecule has 0 saturated carbocycles. The Kier molecular flexibility index (Phi) is 4.70. The van der Waals surface area contributed by atoms with E-state index in [0.29, 0.717) is 23.6 Å². The number of nitriles is 1. The Labute approximate surface area is 116 Å². The summed E-state index contributed by atoms with van der Waals surface area (Å²) in [5.74, 6) is 0.711. The lowest BCUT2D eigenvalue weighted by Gasteiger charge is -2.06. The van der Waals surface area contributed by atoms with Gasteiger partial charge in [0.2, 0.25) is 0 Å². The maximum atomic E-state index is 8.82. The Morgan fingerprint density at radius 1 is 1.25 bits per heavy atom. The van der Waals surface area contributed by atoms with E-state index in [1.165, 1.54) is 6.34 Å². The second-order valence-corrected chi connectivity index (χ2v) is 3.98. The minimum atomic E-state index is 0.399. The summed E-state index contributed by atoms with van der Waals surface area (Å²) in [5, 5.41) is 17.2. The molecular formula is C15H13N3O2. The second-order valence-electron chi connectivity index (χ2n) is 3.98. The number of hydroxylamine groups is 1. The lowest BCUT2D eigenvalue weighted by atomic mass is 10.1. The third-order valence-electron chi connectivity index (χ3n) is 2.57. The molecule has 5 nitrogen and oxygen atoms in total. The van der Waals surface area contributed by atoms with Crippen molar-refractivity contribution in [1.29, 1.82) is 5.26 Å². The van der Waals surface area contributed by atoms with E-state index in [0.717, 1.165) is 5.56 Å². The van der Waals surface area contributed by atoms with Crippen molar-refractivity contribution in [1.82, 2.24) is 5.48 Å². The molecule has 0 bridgehead atoms. The number of benzene rings is 2. The van der Waals surface area contributed by atoms with Gasteiger partial charge in [-0.3, -0.25) is 10.7 Å². The van der Waals surface area contributed by atoms with Crippen molar-refractivity contribution in [3.8, 4) is 11.8 Å². The SMILES string of the molecule is N#Cc1cccc(COc2ccc(N=CNO)cc2)c1. The Balaban J connectivity index is 1.97. The highest BCUT2D eigenvalue weighted by Gasteiger charge is 1.98. The first-order chi connectivity index (χ1) is 9.81. The van der Waals surface area contributed by atoms with Crippen LogP contribution in [0.3, 0.4) is 0 Å². The largest absolute Gasteiger partial charge is 0.489 e. The molecule has 5 heteroatoms. The summed E-state index contributed by atoms with van der Waals surface area (Å²) in [7, 11) is 0. The number of aliphatic imine (C=N–C) groups is 1. The fourth-order valence-electron chi connectivity index (χ4n) is 1.63. The van der Waals surface area contributed by atoms with Gasteiger partial charge in [0.1, 0.15) is 18.7 Å². The van der Waals surface area contributed by atoms with E-state index >= 15 is 0 Å². The van der Waals surface area contributed by atoms with Crippen LogP contribution in [0.25, 0.3) is 0 Å². The molecule has 0 fully saturated rings. The Morgan fingerprint density at radius 2 is 2.05 bits per heavy atom. The molecule has 0 unspecified atom stereocenters. The summed E-state index contributed by atoms with van der Waals surface area (Å²) in [6, 6.07) is 16.5. The fraction of sp³-hybridized carbons (Fsp3) is 0.0667. The summed E-state index contributed by atoms with van der Waals surface area (Å²) in [6.45, 7) is 0.399. The predicted octanol–water partition coefficient (Wildman–Crippen LogP) is 2.78. The van der Waals surface area contributed by atoms with Gasteiger partial charge >= 0.3 is 0 Å². The molecule has 0 spiro atoms. The molecule has 0 aliphatic heterocycles. The number of nitrogens with one attached hydrogen (secondary N) is 1. The number of hydrogen-bond donors (Lipinski definition) is 2. The minimum Gasteiger partial charge on any atom is -0.489 e. The smallest absolute Gasteiger partial charge is 0.119 e. The van der Waals surface area contributed by atoms with Gasteiger partial charge in [0, 0.05) is 0 Å². The molecule has 0 aromatic heterocycles. The van der Waals surface area contributed by atoms with Gasteiger partial charge in [0.25, 0.3) is 0 Å². The zero-order valence-corrected chi connectivity index (χ0v) is 10.7. The van der Waals surface area contributed by atoms with Crippen molar-refractivity contribution < 1.29 is 9.94 Å². The lowest BCUT2D eigenvalue weighted by Crippen LogP contribution is -2.00. The van der Waals surface area contributed by atoms with Crippen molar-refractivity contribution in [3.63, 3.8) is 0 Å². The van der Waals surface area contributed by atoms with Crippen LogP contribution in [0, 0.1) is 11.3 Å². The summed E-state index contributed by atoms with van der Waals surface area (Å²) in [6.07, 6.45) is 1.18. The molecular weight excluding hydrogens is 254 g/mol. The predicted molar refractivity (Wildman–Crippen MR) is 75.0 cm³/mol. The topological polar surface area (TPSA) is 77.6 Å². The van der Waals surface area contributed by atoms with E-state index in [2.05, 4.69) is 11.1 Å². The fourth-order valence-corrected chi connectivity index (χ4v) is 1.63. The number of rotatable bonds is 5. The van der Waals surface area contributed by atoms with E-state index < -0.39 is 0 Å². The maximum absolute atomic E-state index is 8.82. The normalized spacial score (nSPS) is 10.2. The quantitative estimate of drug-likeness (QED) is 0.496. The zero-order chi connectivity index (χ0) is 14.2. The maximum Gasteiger partial charge on any atom is 0.119 e. The lowest BCUT2D eigenvalue weighted by molar-refractivity contribution is 0.240. The summed E-state index contributed by atoms with van der Waals surface area (Å²) < 4.78 is 5.62. The zero-order valence-electron chi connectivity index (χ0n) is 10.7. The Hall–Kier alpha value is -2.84. The first-order valence-corrected chi connectivity index (χ1v) is 5.96. The molecule has 0 heterocycles. The van der Waals surface area contributed by atoms with Crippen LogP contribution in [-0.4, -0.2) is 11.5 Å². The van der Waals surface area contributed by atoms with E-state index in [4.69, 9.17) is 15.2 Å². The van der Waals surface area contributed by atoms with Crippen LogP contribution in [-0.2, 0) is 6.61 Å². The van der Waals surface area contributed by atoms with Crippen LogP contribution in [0.2, 0.25) is 0 Å². The average Bonchev–Trinajstić information content (AvgIpc) is 2.52. The van der Waals surface area contributed by atoms with E-state index in [9.17, 15) is 0 Å². The van der Waals surface area contributed by atoms with E-state index in [1.807, 2.05) is 17.6 Å². The number of hydrogen-bond acceptors (Lipinski definition) is 4. The minimum absolute atomic E-state index is 0.399. The molecule has 0 aliphatic rings. The first-order valence-electron chi connectivity index (χ1n) is 5.96. The number of ether oxygens (including phenoxy) is 1. The highest BCUT2D eigenvalue weighted by Crippen LogP contribution is 2.18. The molecule has 0 atom stereocenters. The monoisotopic (exact) mass is 267 g/mol. The van der Waals surface area contributed by atoms with Gasteiger partial charge in [-0.2, -0.15) is 5.26 Å². The van der Waals surface area contributed by atoms with Crippen LogP contribution < -0.4 is 10.2 Å². The van der Waals surface area contributed by atoms with E-state index in [1.54, 1.807) is 36.4 Å². The molecule has 2 N–H and O–H groups in total. The molecule has 2 rings (SSSR count). The molecule has 2 aromatic rings. The molecule has 0 radical (unpaired) electrons. The van der Waals surface area contributed by atoms with Crippen molar-refractivity contribution >= 4 is 12.0 Å². The van der Waals surface area contributed by atoms with Gasteiger partial charge < -0.3 is 4.74 Å². The van der Waals surface area contributed by atoms with Gasteiger partial charge in [0.05, 0.1) is 17.3 Å². The van der Waals surface area contributed by atoms with Gasteiger partial charge in [-0.15, -0.1) is 0 Å². The number of nitrogens with zero attached hydrogens (tertiary/aromatic N) is 2. The standard InChI is InChI=1S/C15H13N3O2/c16-9-12-2-1-3-13(8-12)10-20-15-6-4-14(5-7-15)17-11-18-19/h1-8,11,19H,10H2,(H,17,18). The van der Waals surface area contributed by atoms with Crippen LogP contribution >= 0.6 is 0 Å². The molecule has 0 saturated heterocycles. The molecule has 20 heavy (non-hydrogen) atoms. The van der Waals surface area contributed by atoms with Gasteiger partial charge in [-0.1, -0.05) is 12.1 Å². The summed E-state index contributed by atoms with van der Waals surface area (Å²) in [4.78, 5) is 3.93. The van der Waals surface area contributed by atoms with Gasteiger partial charge in [0.15, 0.2) is 0 Å². The highest BCUT2D eigenvalue weighted by atomic mass is 16.5. The van der Waals surface area contributed by atoms with E-state index in [-0.39, 0.29) is 0 Å². The first kappa shape index (κ1) is 13.6. The van der Waals surface area contributed by atoms with Gasteiger partial charge in [-0.05, 0) is 42.0 Å². The molecule has 100 valence electrons. The highest BCUT2D eigenvalue weighted by molar-refractivity contribution is 5.59. The van der Waals surface area contributed by atoms with Crippen molar-refractivity contribution in [2.24, 2.45) is 4.99 Å². The van der Waals surface area contributed by atoms with Crippen LogP contribution in [0.1, 0.15) is 11.1 Å². The van der Waals surface area contributed by atoms with Crippen LogP contribution in [0.5, 0.6) is 5.75 Å². The summed E-state index contributed by atoms with van der Waals surface area (Å²) >= 11 is 0. The Bertz CT molecular complexity index is 630. The Morgan fingerprint density at radius 3 is 2.75 bits per heavy atom. The third kappa shape index (κ3) is 3.83. The average molecular weight is 267 g/mol.